The molecule has 0 aliphatic heterocycles. The van der Waals surface area contributed by atoms with Crippen LogP contribution in [-0.4, -0.2) is 29.8 Å². The molecule has 0 unspecified atom stereocenters. The van der Waals surface area contributed by atoms with Gasteiger partial charge in [-0.25, -0.2) is 4.79 Å². The number of nitriles is 2. The third-order valence-electron chi connectivity index (χ3n) is 6.59. The van der Waals surface area contributed by atoms with Crippen LogP contribution in [0.25, 0.3) is 5.57 Å². The predicted octanol–water partition coefficient (Wildman–Crippen LogP) is 4.42. The molecule has 1 aliphatic carbocycles. The predicted molar refractivity (Wildman–Crippen MR) is 140 cm³/mol. The maximum absolute atomic E-state index is 14.5. The number of carbonyl (C=O) groups excluding carboxylic acids is 3. The minimum absolute atomic E-state index is 0.00467. The van der Waals surface area contributed by atoms with E-state index in [-0.39, 0.29) is 30.6 Å². The third kappa shape index (κ3) is 4.70. The minimum atomic E-state index is -2.37. The lowest BCUT2D eigenvalue weighted by Crippen LogP contribution is -2.63. The highest BCUT2D eigenvalue weighted by atomic mass is 16.5. The molecule has 0 heterocycles. The molecule has 0 saturated carbocycles. The lowest BCUT2D eigenvalue weighted by atomic mass is 9.60. The summed E-state index contributed by atoms with van der Waals surface area (Å²) >= 11 is 0. The van der Waals surface area contributed by atoms with Crippen molar-refractivity contribution in [3.05, 3.63) is 113 Å². The highest BCUT2D eigenvalue weighted by Gasteiger charge is 2.60. The Hall–Kier alpha value is -5.01. The Morgan fingerprint density at radius 3 is 2.00 bits per heavy atom. The number of ketones is 1. The smallest absolute Gasteiger partial charge is 0.334 e. The van der Waals surface area contributed by atoms with Crippen molar-refractivity contribution in [2.45, 2.75) is 25.3 Å². The molecule has 7 heteroatoms. The second-order valence-corrected chi connectivity index (χ2v) is 8.98. The summed E-state index contributed by atoms with van der Waals surface area (Å²) in [4.78, 5) is 41.3. The van der Waals surface area contributed by atoms with Crippen LogP contribution in [0, 0.1) is 28.1 Å². The van der Waals surface area contributed by atoms with Crippen LogP contribution in [0.15, 0.2) is 96.6 Å². The fourth-order valence-electron chi connectivity index (χ4n) is 4.91. The van der Waals surface area contributed by atoms with E-state index in [1.54, 1.807) is 91.9 Å². The molecule has 0 fully saturated rings. The lowest BCUT2D eigenvalue weighted by molar-refractivity contribution is -0.139. The van der Waals surface area contributed by atoms with E-state index in [0.717, 1.165) is 0 Å². The maximum Gasteiger partial charge on any atom is 0.334 e. The van der Waals surface area contributed by atoms with E-state index in [4.69, 9.17) is 4.74 Å². The first kappa shape index (κ1) is 26.1. The Morgan fingerprint density at radius 1 is 0.895 bits per heavy atom. The monoisotopic (exact) mass is 503 g/mol. The van der Waals surface area contributed by atoms with E-state index in [9.17, 15) is 24.9 Å². The van der Waals surface area contributed by atoms with E-state index >= 15 is 0 Å². The number of hydrogen-bond acceptors (Lipinski definition) is 6. The SMILES string of the molecule is CCOC(=O)C1=C(c2ccccc2)C(C#N)(C#N)C(=O)[C@](Cc2ccccc2)(NC(=O)c2ccccc2)C1. The number of esters is 1. The fraction of sp³-hybridized carbons (Fsp3) is 0.194. The molecule has 7 nitrogen and oxygen atoms in total. The number of amides is 1. The van der Waals surface area contributed by atoms with Gasteiger partial charge in [-0.1, -0.05) is 78.9 Å². The number of ether oxygens (including phenoxy) is 1. The summed E-state index contributed by atoms with van der Waals surface area (Å²) in [5.74, 6) is -2.11. The first-order chi connectivity index (χ1) is 18.4. The van der Waals surface area contributed by atoms with Gasteiger partial charge in [0.15, 0.2) is 5.78 Å². The van der Waals surface area contributed by atoms with Gasteiger partial charge in [-0.2, -0.15) is 10.5 Å². The number of allylic oxidation sites excluding steroid dienone is 1. The quantitative estimate of drug-likeness (QED) is 0.477. The van der Waals surface area contributed by atoms with Gasteiger partial charge in [0.25, 0.3) is 5.91 Å². The first-order valence-electron chi connectivity index (χ1n) is 12.2. The highest BCUT2D eigenvalue weighted by molar-refractivity contribution is 6.17. The first-order valence-corrected chi connectivity index (χ1v) is 12.2. The van der Waals surface area contributed by atoms with Crippen molar-refractivity contribution in [2.75, 3.05) is 6.61 Å². The molecule has 0 saturated heterocycles. The van der Waals surface area contributed by atoms with Crippen molar-refractivity contribution >= 4 is 23.2 Å². The second kappa shape index (κ2) is 10.9. The number of nitrogens with zero attached hydrogens (tertiary/aromatic N) is 2. The number of carbonyl (C=O) groups is 3. The molecule has 0 aromatic heterocycles. The summed E-state index contributed by atoms with van der Waals surface area (Å²) in [5.41, 5.74) is -2.79. The van der Waals surface area contributed by atoms with Gasteiger partial charge in [0.2, 0.25) is 5.41 Å². The van der Waals surface area contributed by atoms with Gasteiger partial charge in [0.1, 0.15) is 5.54 Å². The van der Waals surface area contributed by atoms with Gasteiger partial charge in [0, 0.05) is 29.6 Å². The van der Waals surface area contributed by atoms with Crippen molar-refractivity contribution in [1.82, 2.24) is 5.32 Å². The summed E-state index contributed by atoms with van der Waals surface area (Å²) in [6, 6.07) is 29.5. The van der Waals surface area contributed by atoms with Crippen LogP contribution < -0.4 is 5.32 Å². The molecule has 3 aromatic carbocycles. The van der Waals surface area contributed by atoms with Gasteiger partial charge < -0.3 is 10.1 Å². The Labute approximate surface area is 221 Å². The number of rotatable bonds is 7. The average Bonchev–Trinajstić information content (AvgIpc) is 2.96. The van der Waals surface area contributed by atoms with Gasteiger partial charge in [-0.15, -0.1) is 0 Å². The van der Waals surface area contributed by atoms with Crippen molar-refractivity contribution < 1.29 is 19.1 Å². The average molecular weight is 504 g/mol. The fourth-order valence-corrected chi connectivity index (χ4v) is 4.91. The molecule has 0 spiro atoms. The maximum atomic E-state index is 14.5. The molecule has 1 amide bonds. The highest BCUT2D eigenvalue weighted by Crippen LogP contribution is 2.48. The summed E-state index contributed by atoms with van der Waals surface area (Å²) in [5, 5.41) is 23.7. The molecule has 0 bridgehead atoms. The van der Waals surface area contributed by atoms with Crippen LogP contribution in [0.2, 0.25) is 0 Å². The number of benzene rings is 3. The van der Waals surface area contributed by atoms with Gasteiger partial charge >= 0.3 is 5.97 Å². The van der Waals surface area contributed by atoms with E-state index in [0.29, 0.717) is 16.7 Å². The van der Waals surface area contributed by atoms with E-state index < -0.39 is 28.6 Å². The summed E-state index contributed by atoms with van der Waals surface area (Å²) < 4.78 is 5.34. The normalized spacial score (nSPS) is 18.1. The van der Waals surface area contributed by atoms with Crippen molar-refractivity contribution in [3.63, 3.8) is 0 Å². The molecular weight excluding hydrogens is 478 g/mol. The van der Waals surface area contributed by atoms with Crippen molar-refractivity contribution in [1.29, 1.82) is 10.5 Å². The number of hydrogen-bond donors (Lipinski definition) is 1. The number of Topliss-reactive ketones (excluding diaryl/α,β-unsaturated/α-hetero) is 1. The molecule has 3 aromatic rings. The molecular formula is C31H25N3O4. The zero-order valence-corrected chi connectivity index (χ0v) is 20.8. The standard InChI is InChI=1S/C31H25N3O4/c1-2-38-28(36)25-19-31(18-22-12-6-3-7-13-22,34-27(35)24-16-10-5-11-17-24)29(37)30(20-32,21-33)26(25)23-14-8-4-9-15-23/h3-17H,2,18-19H2,1H3,(H,34,35)/t31-/m1/s1. The van der Waals surface area contributed by atoms with Crippen LogP contribution in [0.3, 0.4) is 0 Å². The molecule has 1 N–H and O–H groups in total. The van der Waals surface area contributed by atoms with E-state index in [1.165, 1.54) is 0 Å². The summed E-state index contributed by atoms with van der Waals surface area (Å²) in [6.45, 7) is 1.69. The van der Waals surface area contributed by atoms with Gasteiger partial charge in [-0.3, -0.25) is 9.59 Å². The molecule has 4 rings (SSSR count). The Kier molecular flexibility index (Phi) is 7.50. The number of nitrogens with one attached hydrogen (secondary N) is 1. The zero-order valence-electron chi connectivity index (χ0n) is 20.8. The summed E-state index contributed by atoms with van der Waals surface area (Å²) in [7, 11) is 0. The summed E-state index contributed by atoms with van der Waals surface area (Å²) in [6.07, 6.45) is -0.297. The van der Waals surface area contributed by atoms with Crippen LogP contribution in [-0.2, 0) is 20.7 Å². The van der Waals surface area contributed by atoms with E-state index in [1.807, 2.05) is 18.2 Å². The van der Waals surface area contributed by atoms with Crippen molar-refractivity contribution in [2.24, 2.45) is 5.41 Å². The molecule has 0 radical (unpaired) electrons. The molecule has 1 aliphatic rings. The Morgan fingerprint density at radius 2 is 1.45 bits per heavy atom. The Balaban J connectivity index is 2.00. The van der Waals surface area contributed by atoms with Crippen LogP contribution in [0.5, 0.6) is 0 Å². The van der Waals surface area contributed by atoms with E-state index in [2.05, 4.69) is 5.32 Å². The second-order valence-electron chi connectivity index (χ2n) is 8.98. The van der Waals surface area contributed by atoms with Crippen molar-refractivity contribution in [3.8, 4) is 12.1 Å². The third-order valence-corrected chi connectivity index (χ3v) is 6.59. The minimum Gasteiger partial charge on any atom is -0.463 e. The molecule has 188 valence electrons. The van der Waals surface area contributed by atoms with Gasteiger partial charge in [0.05, 0.1) is 18.7 Å². The van der Waals surface area contributed by atoms with Crippen LogP contribution in [0.1, 0.15) is 34.8 Å². The van der Waals surface area contributed by atoms with Gasteiger partial charge in [-0.05, 0) is 30.2 Å². The molecule has 1 atom stereocenters. The topological polar surface area (TPSA) is 120 Å². The van der Waals surface area contributed by atoms with Crippen LogP contribution in [0.4, 0.5) is 0 Å². The zero-order chi connectivity index (χ0) is 27.2. The molecule has 38 heavy (non-hydrogen) atoms. The lowest BCUT2D eigenvalue weighted by Gasteiger charge is -2.43. The largest absolute Gasteiger partial charge is 0.463 e. The van der Waals surface area contributed by atoms with Crippen LogP contribution >= 0.6 is 0 Å². The Bertz CT molecular complexity index is 1450.